The number of carbonyl (C=O) groups is 1. The number of hydrogen-bond acceptors (Lipinski definition) is 3. The first kappa shape index (κ1) is 20.3. The SMILES string of the molecule is C=Cc1cccnc1[C@@H](CC(=O)c1ccc(=O)[nH]c1)c1ccc(C(F)(F)F)cc1. The van der Waals surface area contributed by atoms with Crippen LogP contribution < -0.4 is 5.56 Å². The molecule has 0 aliphatic heterocycles. The molecule has 2 aromatic heterocycles. The molecular weight excluding hydrogens is 381 g/mol. The number of ketones is 1. The first-order valence-corrected chi connectivity index (χ1v) is 8.76. The lowest BCUT2D eigenvalue weighted by atomic mass is 9.86. The van der Waals surface area contributed by atoms with Crippen LogP contribution in [0.5, 0.6) is 0 Å². The van der Waals surface area contributed by atoms with Gasteiger partial charge in [-0.15, -0.1) is 0 Å². The van der Waals surface area contributed by atoms with Crippen molar-refractivity contribution in [1.82, 2.24) is 9.97 Å². The fourth-order valence-electron chi connectivity index (χ4n) is 3.06. The molecule has 3 rings (SSSR count). The van der Waals surface area contributed by atoms with Crippen LogP contribution in [0.2, 0.25) is 0 Å². The molecule has 0 saturated carbocycles. The number of H-pyrrole nitrogens is 1. The van der Waals surface area contributed by atoms with Crippen molar-refractivity contribution in [2.45, 2.75) is 18.5 Å². The van der Waals surface area contributed by atoms with Crippen molar-refractivity contribution in [3.05, 3.63) is 106 Å². The highest BCUT2D eigenvalue weighted by molar-refractivity contribution is 5.96. The molecule has 2 heterocycles. The number of nitrogens with one attached hydrogen (secondary N) is 1. The summed E-state index contributed by atoms with van der Waals surface area (Å²) in [6.07, 6.45) is -0.0125. The summed E-state index contributed by atoms with van der Waals surface area (Å²) in [4.78, 5) is 30.8. The summed E-state index contributed by atoms with van der Waals surface area (Å²) in [6, 6.07) is 10.8. The molecule has 0 saturated heterocycles. The fraction of sp³-hybridized carbons (Fsp3) is 0.136. The van der Waals surface area contributed by atoms with Gasteiger partial charge in [-0.05, 0) is 35.4 Å². The van der Waals surface area contributed by atoms with Crippen LogP contribution in [0.3, 0.4) is 0 Å². The van der Waals surface area contributed by atoms with E-state index in [2.05, 4.69) is 16.5 Å². The van der Waals surface area contributed by atoms with E-state index in [0.29, 0.717) is 22.4 Å². The number of carbonyl (C=O) groups excluding carboxylic acids is 1. The van der Waals surface area contributed by atoms with Crippen LogP contribution in [0.25, 0.3) is 6.08 Å². The van der Waals surface area contributed by atoms with Crippen molar-refractivity contribution in [3.8, 4) is 0 Å². The molecule has 3 aromatic rings. The fourth-order valence-corrected chi connectivity index (χ4v) is 3.06. The van der Waals surface area contributed by atoms with Gasteiger partial charge >= 0.3 is 6.18 Å². The number of nitrogens with zero attached hydrogens (tertiary/aromatic N) is 1. The summed E-state index contributed by atoms with van der Waals surface area (Å²) in [7, 11) is 0. The number of aromatic nitrogens is 2. The van der Waals surface area contributed by atoms with E-state index in [1.807, 2.05) is 0 Å². The number of rotatable bonds is 6. The molecule has 0 unspecified atom stereocenters. The number of pyridine rings is 2. The summed E-state index contributed by atoms with van der Waals surface area (Å²) >= 11 is 0. The second-order valence-electron chi connectivity index (χ2n) is 6.42. The lowest BCUT2D eigenvalue weighted by molar-refractivity contribution is -0.137. The zero-order valence-electron chi connectivity index (χ0n) is 15.2. The monoisotopic (exact) mass is 398 g/mol. The van der Waals surface area contributed by atoms with E-state index in [4.69, 9.17) is 0 Å². The van der Waals surface area contributed by atoms with Gasteiger partial charge in [0.05, 0.1) is 11.3 Å². The number of aromatic amines is 1. The number of alkyl halides is 3. The van der Waals surface area contributed by atoms with Crippen molar-refractivity contribution >= 4 is 11.9 Å². The Hall–Kier alpha value is -3.48. The van der Waals surface area contributed by atoms with Crippen LogP contribution in [0.1, 0.15) is 45.1 Å². The van der Waals surface area contributed by atoms with E-state index in [9.17, 15) is 22.8 Å². The minimum absolute atomic E-state index is 0.0325. The second-order valence-corrected chi connectivity index (χ2v) is 6.42. The molecule has 148 valence electrons. The van der Waals surface area contributed by atoms with Crippen molar-refractivity contribution in [2.75, 3.05) is 0 Å². The smallest absolute Gasteiger partial charge is 0.328 e. The molecule has 0 aliphatic carbocycles. The lowest BCUT2D eigenvalue weighted by Gasteiger charge is -2.19. The predicted molar refractivity (Wildman–Crippen MR) is 104 cm³/mol. The molecule has 7 heteroatoms. The molecular formula is C22H17F3N2O2. The van der Waals surface area contributed by atoms with Gasteiger partial charge in [0, 0.05) is 36.4 Å². The first-order valence-electron chi connectivity index (χ1n) is 8.76. The maximum atomic E-state index is 12.9. The number of Topliss-reactive ketones (excluding diaryl/α,β-unsaturated/α-hetero) is 1. The summed E-state index contributed by atoms with van der Waals surface area (Å²) in [6.45, 7) is 3.75. The third-order valence-electron chi connectivity index (χ3n) is 4.56. The largest absolute Gasteiger partial charge is 0.416 e. The van der Waals surface area contributed by atoms with Crippen LogP contribution in [-0.4, -0.2) is 15.8 Å². The molecule has 4 nitrogen and oxygen atoms in total. The third-order valence-corrected chi connectivity index (χ3v) is 4.56. The van der Waals surface area contributed by atoms with Gasteiger partial charge in [0.1, 0.15) is 0 Å². The maximum Gasteiger partial charge on any atom is 0.416 e. The van der Waals surface area contributed by atoms with E-state index in [1.54, 1.807) is 24.4 Å². The van der Waals surface area contributed by atoms with Gasteiger partial charge in [0.15, 0.2) is 5.78 Å². The van der Waals surface area contributed by atoms with Gasteiger partial charge in [0.25, 0.3) is 0 Å². The van der Waals surface area contributed by atoms with Gasteiger partial charge in [-0.2, -0.15) is 13.2 Å². The molecule has 0 amide bonds. The van der Waals surface area contributed by atoms with Crippen molar-refractivity contribution in [2.24, 2.45) is 0 Å². The molecule has 0 bridgehead atoms. The van der Waals surface area contributed by atoms with Crippen LogP contribution >= 0.6 is 0 Å². The molecule has 1 N–H and O–H groups in total. The summed E-state index contributed by atoms with van der Waals surface area (Å²) in [5.74, 6) is -0.849. The highest BCUT2D eigenvalue weighted by Crippen LogP contribution is 2.34. The third kappa shape index (κ3) is 4.68. The Bertz CT molecular complexity index is 1070. The Morgan fingerprint density at radius 1 is 1.14 bits per heavy atom. The molecule has 0 fully saturated rings. The number of hydrogen-bond donors (Lipinski definition) is 1. The van der Waals surface area contributed by atoms with Gasteiger partial charge in [-0.3, -0.25) is 14.6 Å². The summed E-state index contributed by atoms with van der Waals surface area (Å²) in [5.41, 5.74) is 0.957. The number of benzene rings is 1. The standard InChI is InChI=1S/C22H17F3N2O2/c1-2-14-4-3-11-26-21(14)18(12-19(28)16-7-10-20(29)27-13-16)15-5-8-17(9-6-15)22(23,24)25/h2-11,13,18H,1,12H2,(H,27,29)/t18-/m0/s1. The average Bonchev–Trinajstić information content (AvgIpc) is 2.72. The van der Waals surface area contributed by atoms with Crippen LogP contribution in [0.15, 0.2) is 72.3 Å². The van der Waals surface area contributed by atoms with Crippen LogP contribution in [0, 0.1) is 0 Å². The first-order chi connectivity index (χ1) is 13.8. The van der Waals surface area contributed by atoms with Gasteiger partial charge in [-0.1, -0.05) is 30.9 Å². The lowest BCUT2D eigenvalue weighted by Crippen LogP contribution is -2.14. The Morgan fingerprint density at radius 3 is 2.45 bits per heavy atom. The van der Waals surface area contributed by atoms with Gasteiger partial charge in [-0.25, -0.2) is 0 Å². The molecule has 29 heavy (non-hydrogen) atoms. The van der Waals surface area contributed by atoms with E-state index in [1.165, 1.54) is 30.5 Å². The van der Waals surface area contributed by atoms with Crippen molar-refractivity contribution < 1.29 is 18.0 Å². The molecule has 0 radical (unpaired) electrons. The Balaban J connectivity index is 2.02. The minimum Gasteiger partial charge on any atom is -0.328 e. The van der Waals surface area contributed by atoms with E-state index >= 15 is 0 Å². The van der Waals surface area contributed by atoms with E-state index < -0.39 is 17.7 Å². The van der Waals surface area contributed by atoms with Crippen LogP contribution in [-0.2, 0) is 6.18 Å². The molecule has 0 spiro atoms. The molecule has 1 atom stereocenters. The van der Waals surface area contributed by atoms with Gasteiger partial charge < -0.3 is 4.98 Å². The van der Waals surface area contributed by atoms with Crippen molar-refractivity contribution in [3.63, 3.8) is 0 Å². The highest BCUT2D eigenvalue weighted by Gasteiger charge is 2.31. The minimum atomic E-state index is -4.45. The zero-order valence-corrected chi connectivity index (χ0v) is 15.2. The quantitative estimate of drug-likeness (QED) is 0.605. The molecule has 0 aliphatic rings. The Morgan fingerprint density at radius 2 is 1.86 bits per heavy atom. The Labute approximate surface area is 164 Å². The normalized spacial score (nSPS) is 12.4. The average molecular weight is 398 g/mol. The second kappa shape index (κ2) is 8.26. The summed E-state index contributed by atoms with van der Waals surface area (Å²) in [5, 5.41) is 0. The summed E-state index contributed by atoms with van der Waals surface area (Å²) < 4.78 is 38.8. The van der Waals surface area contributed by atoms with Gasteiger partial charge in [0.2, 0.25) is 5.56 Å². The number of halogens is 3. The maximum absolute atomic E-state index is 12.9. The van der Waals surface area contributed by atoms with Crippen LogP contribution in [0.4, 0.5) is 13.2 Å². The highest BCUT2D eigenvalue weighted by atomic mass is 19.4. The predicted octanol–water partition coefficient (Wildman–Crippen LogP) is 4.84. The topological polar surface area (TPSA) is 62.8 Å². The van der Waals surface area contributed by atoms with Crippen molar-refractivity contribution in [1.29, 1.82) is 0 Å². The van der Waals surface area contributed by atoms with E-state index in [0.717, 1.165) is 12.1 Å². The Kier molecular flexibility index (Phi) is 5.77. The molecule has 1 aromatic carbocycles. The zero-order chi connectivity index (χ0) is 21.0. The van der Waals surface area contributed by atoms with E-state index in [-0.39, 0.29) is 17.8 Å².